The first kappa shape index (κ1) is 18.9. The molecular formula is C23H23N3O3S. The normalized spacial score (nSPS) is 15.2. The Hall–Kier alpha value is -3.06. The molecule has 6 nitrogen and oxygen atoms in total. The largest absolute Gasteiger partial charge is 0.344 e. The fourth-order valence-corrected chi connectivity index (χ4v) is 5.62. The zero-order valence-electron chi connectivity index (χ0n) is 16.7. The number of para-hydroxylation sites is 1. The molecule has 0 radical (unpaired) electrons. The minimum Gasteiger partial charge on any atom is -0.344 e. The zero-order valence-corrected chi connectivity index (χ0v) is 17.5. The Balaban J connectivity index is 1.50. The van der Waals surface area contributed by atoms with Crippen molar-refractivity contribution in [3.8, 4) is 0 Å². The molecule has 1 aliphatic rings. The zero-order chi connectivity index (χ0) is 20.9. The SMILES string of the molecule is Cn1c2ccccc2c2cc(S(=O)(=O)NC(=O)c3cccn3C3CCCC3)ccc21. The number of rotatable bonds is 4. The van der Waals surface area contributed by atoms with Gasteiger partial charge >= 0.3 is 0 Å². The molecule has 0 bridgehead atoms. The molecule has 2 heterocycles. The van der Waals surface area contributed by atoms with Crippen LogP contribution in [0.5, 0.6) is 0 Å². The Morgan fingerprint density at radius 1 is 0.967 bits per heavy atom. The lowest BCUT2D eigenvalue weighted by Crippen LogP contribution is -2.32. The number of hydrogen-bond acceptors (Lipinski definition) is 3. The van der Waals surface area contributed by atoms with Crippen LogP contribution >= 0.6 is 0 Å². The van der Waals surface area contributed by atoms with Gasteiger partial charge in [-0.05, 0) is 49.2 Å². The molecule has 7 heteroatoms. The fraction of sp³-hybridized carbons (Fsp3) is 0.261. The number of hydrogen-bond donors (Lipinski definition) is 1. The fourth-order valence-electron chi connectivity index (χ4n) is 4.63. The first-order chi connectivity index (χ1) is 14.5. The van der Waals surface area contributed by atoms with Crippen LogP contribution in [0.2, 0.25) is 0 Å². The molecule has 0 atom stereocenters. The van der Waals surface area contributed by atoms with Gasteiger partial charge in [-0.3, -0.25) is 4.79 Å². The molecule has 1 N–H and O–H groups in total. The van der Waals surface area contributed by atoms with E-state index in [1.165, 1.54) is 0 Å². The molecule has 1 fully saturated rings. The van der Waals surface area contributed by atoms with E-state index in [1.54, 1.807) is 30.3 Å². The van der Waals surface area contributed by atoms with Crippen molar-refractivity contribution in [1.82, 2.24) is 13.9 Å². The maximum Gasteiger partial charge on any atom is 0.281 e. The number of fused-ring (bicyclic) bond motifs is 3. The minimum absolute atomic E-state index is 0.0821. The van der Waals surface area contributed by atoms with Gasteiger partial charge in [0, 0.05) is 41.1 Å². The van der Waals surface area contributed by atoms with Crippen LogP contribution in [0.1, 0.15) is 42.2 Å². The second kappa shape index (κ2) is 7.02. The van der Waals surface area contributed by atoms with Gasteiger partial charge in [0.25, 0.3) is 15.9 Å². The summed E-state index contributed by atoms with van der Waals surface area (Å²) in [5.74, 6) is -0.593. The number of aromatic nitrogens is 2. The Kier molecular flexibility index (Phi) is 4.43. The second-order valence-corrected chi connectivity index (χ2v) is 9.61. The molecule has 0 saturated heterocycles. The van der Waals surface area contributed by atoms with Crippen LogP contribution in [0.3, 0.4) is 0 Å². The molecule has 1 aliphatic carbocycles. The summed E-state index contributed by atoms with van der Waals surface area (Å²) in [6, 6.07) is 16.6. The van der Waals surface area contributed by atoms with Crippen molar-refractivity contribution in [2.45, 2.75) is 36.6 Å². The predicted molar refractivity (Wildman–Crippen MR) is 117 cm³/mol. The summed E-state index contributed by atoms with van der Waals surface area (Å²) in [6.45, 7) is 0. The summed E-state index contributed by atoms with van der Waals surface area (Å²) >= 11 is 0. The van der Waals surface area contributed by atoms with Crippen molar-refractivity contribution < 1.29 is 13.2 Å². The van der Waals surface area contributed by atoms with Crippen molar-refractivity contribution >= 4 is 37.7 Å². The van der Waals surface area contributed by atoms with Gasteiger partial charge in [0.15, 0.2) is 0 Å². The van der Waals surface area contributed by atoms with Crippen molar-refractivity contribution in [1.29, 1.82) is 0 Å². The van der Waals surface area contributed by atoms with Gasteiger partial charge < -0.3 is 9.13 Å². The van der Waals surface area contributed by atoms with Crippen LogP contribution in [0.15, 0.2) is 65.7 Å². The van der Waals surface area contributed by atoms with Crippen molar-refractivity contribution in [2.24, 2.45) is 7.05 Å². The second-order valence-electron chi connectivity index (χ2n) is 7.93. The maximum absolute atomic E-state index is 13.0. The summed E-state index contributed by atoms with van der Waals surface area (Å²) in [5.41, 5.74) is 2.36. The van der Waals surface area contributed by atoms with E-state index in [4.69, 9.17) is 0 Å². The average molecular weight is 422 g/mol. The van der Waals surface area contributed by atoms with Gasteiger partial charge in [0.05, 0.1) is 4.90 Å². The highest BCUT2D eigenvalue weighted by atomic mass is 32.2. The Bertz CT molecular complexity index is 1380. The third-order valence-electron chi connectivity index (χ3n) is 6.15. The number of nitrogens with zero attached hydrogens (tertiary/aromatic N) is 2. The smallest absolute Gasteiger partial charge is 0.281 e. The van der Waals surface area contributed by atoms with E-state index in [2.05, 4.69) is 4.72 Å². The van der Waals surface area contributed by atoms with Gasteiger partial charge in [-0.15, -0.1) is 0 Å². The lowest BCUT2D eigenvalue weighted by Gasteiger charge is -2.16. The third-order valence-corrected chi connectivity index (χ3v) is 7.48. The summed E-state index contributed by atoms with van der Waals surface area (Å²) < 4.78 is 32.2. The number of sulfonamides is 1. The Morgan fingerprint density at radius 3 is 2.50 bits per heavy atom. The summed E-state index contributed by atoms with van der Waals surface area (Å²) in [4.78, 5) is 12.9. The molecule has 1 amide bonds. The van der Waals surface area contributed by atoms with Gasteiger partial charge in [0.2, 0.25) is 0 Å². The van der Waals surface area contributed by atoms with E-state index in [9.17, 15) is 13.2 Å². The first-order valence-corrected chi connectivity index (χ1v) is 11.7. The van der Waals surface area contributed by atoms with Gasteiger partial charge in [-0.25, -0.2) is 13.1 Å². The molecule has 5 rings (SSSR count). The topological polar surface area (TPSA) is 73.1 Å². The quantitative estimate of drug-likeness (QED) is 0.532. The molecule has 4 aromatic rings. The minimum atomic E-state index is -4.00. The van der Waals surface area contributed by atoms with Crippen LogP contribution in [-0.4, -0.2) is 23.5 Å². The van der Waals surface area contributed by atoms with Gasteiger partial charge in [-0.2, -0.15) is 0 Å². The van der Waals surface area contributed by atoms with Crippen LogP contribution in [0.25, 0.3) is 21.8 Å². The van der Waals surface area contributed by atoms with Crippen LogP contribution in [-0.2, 0) is 17.1 Å². The molecule has 2 aromatic heterocycles. The van der Waals surface area contributed by atoms with E-state index < -0.39 is 15.9 Å². The van der Waals surface area contributed by atoms with Crippen molar-refractivity contribution in [2.75, 3.05) is 0 Å². The van der Waals surface area contributed by atoms with Crippen LogP contribution < -0.4 is 4.72 Å². The maximum atomic E-state index is 13.0. The highest BCUT2D eigenvalue weighted by molar-refractivity contribution is 7.90. The number of carbonyl (C=O) groups excluding carboxylic acids is 1. The number of aryl methyl sites for hydroxylation is 1. The van der Waals surface area contributed by atoms with E-state index in [-0.39, 0.29) is 10.9 Å². The van der Waals surface area contributed by atoms with Crippen LogP contribution in [0, 0.1) is 0 Å². The number of carbonyl (C=O) groups is 1. The number of amides is 1. The van der Waals surface area contributed by atoms with E-state index in [1.807, 2.05) is 46.6 Å². The molecule has 0 aliphatic heterocycles. The molecule has 0 unspecified atom stereocenters. The lowest BCUT2D eigenvalue weighted by molar-refractivity contribution is 0.0970. The number of benzene rings is 2. The summed E-state index contributed by atoms with van der Waals surface area (Å²) in [7, 11) is -2.04. The van der Waals surface area contributed by atoms with E-state index in [0.717, 1.165) is 47.5 Å². The molecule has 2 aromatic carbocycles. The molecule has 30 heavy (non-hydrogen) atoms. The monoisotopic (exact) mass is 421 g/mol. The highest BCUT2D eigenvalue weighted by Gasteiger charge is 2.25. The number of nitrogens with one attached hydrogen (secondary N) is 1. The van der Waals surface area contributed by atoms with Gasteiger partial charge in [0.1, 0.15) is 5.69 Å². The predicted octanol–water partition coefficient (Wildman–Crippen LogP) is 4.37. The van der Waals surface area contributed by atoms with Crippen molar-refractivity contribution in [3.63, 3.8) is 0 Å². The lowest BCUT2D eigenvalue weighted by atomic mass is 10.1. The van der Waals surface area contributed by atoms with E-state index >= 15 is 0 Å². The molecule has 154 valence electrons. The van der Waals surface area contributed by atoms with E-state index in [0.29, 0.717) is 5.69 Å². The Morgan fingerprint density at radius 2 is 1.70 bits per heavy atom. The molecular weight excluding hydrogens is 398 g/mol. The third kappa shape index (κ3) is 3.01. The summed E-state index contributed by atoms with van der Waals surface area (Å²) in [6.07, 6.45) is 6.15. The van der Waals surface area contributed by atoms with Gasteiger partial charge in [-0.1, -0.05) is 31.0 Å². The summed E-state index contributed by atoms with van der Waals surface area (Å²) in [5, 5.41) is 1.83. The average Bonchev–Trinajstić information content (AvgIpc) is 3.48. The molecule has 0 spiro atoms. The standard InChI is InChI=1S/C23H23N3O3S/c1-25-20-10-5-4-9-18(20)19-15-17(12-13-21(19)25)30(28,29)24-23(27)22-11-6-14-26(22)16-7-2-3-8-16/h4-6,9-16H,2-3,7-8H2,1H3,(H,24,27). The highest BCUT2D eigenvalue weighted by Crippen LogP contribution is 2.31. The van der Waals surface area contributed by atoms with Crippen molar-refractivity contribution in [3.05, 3.63) is 66.5 Å². The van der Waals surface area contributed by atoms with Crippen LogP contribution in [0.4, 0.5) is 0 Å². The molecule has 1 saturated carbocycles. The first-order valence-electron chi connectivity index (χ1n) is 10.2. The Labute approximate surface area is 175 Å².